The Morgan fingerprint density at radius 3 is 2.96 bits per heavy atom. The number of benzene rings is 1. The van der Waals surface area contributed by atoms with Crippen LogP contribution in [0.4, 0.5) is 14.6 Å². The number of hydrogen-bond acceptors (Lipinski definition) is 3. The predicted molar refractivity (Wildman–Crippen MR) is 86.4 cm³/mol. The Bertz CT molecular complexity index is 880. The van der Waals surface area contributed by atoms with Crippen molar-refractivity contribution in [3.05, 3.63) is 58.3 Å². The first kappa shape index (κ1) is 14.6. The molecule has 0 bridgehead atoms. The van der Waals surface area contributed by atoms with Crippen molar-refractivity contribution in [2.45, 2.75) is 18.9 Å². The van der Waals surface area contributed by atoms with E-state index in [1.165, 1.54) is 12.1 Å². The standard InChI is InChI=1S/C16H13BrF2N4/c17-12-9-20-23-7-5-15(21-16(12)23)22-6-1-2-14(22)11-8-10(18)3-4-13(11)19/h3-5,7-9,14H,1-2,6H2. The average molecular weight is 379 g/mol. The lowest BCUT2D eigenvalue weighted by atomic mass is 10.0. The minimum atomic E-state index is -0.421. The van der Waals surface area contributed by atoms with Gasteiger partial charge in [0.1, 0.15) is 17.5 Å². The zero-order valence-electron chi connectivity index (χ0n) is 12.1. The van der Waals surface area contributed by atoms with Crippen LogP contribution in [0, 0.1) is 11.6 Å². The van der Waals surface area contributed by atoms with Gasteiger partial charge in [-0.15, -0.1) is 0 Å². The maximum atomic E-state index is 14.1. The molecule has 4 rings (SSSR count). The highest BCUT2D eigenvalue weighted by Crippen LogP contribution is 2.37. The van der Waals surface area contributed by atoms with Crippen LogP contribution < -0.4 is 4.90 Å². The largest absolute Gasteiger partial charge is 0.349 e. The highest BCUT2D eigenvalue weighted by molar-refractivity contribution is 9.10. The monoisotopic (exact) mass is 378 g/mol. The van der Waals surface area contributed by atoms with Crippen molar-refractivity contribution in [3.8, 4) is 0 Å². The quantitative estimate of drug-likeness (QED) is 0.672. The van der Waals surface area contributed by atoms with Gasteiger partial charge in [-0.2, -0.15) is 5.10 Å². The molecule has 1 aliphatic heterocycles. The van der Waals surface area contributed by atoms with Crippen molar-refractivity contribution in [3.63, 3.8) is 0 Å². The number of aromatic nitrogens is 3. The first-order chi connectivity index (χ1) is 11.1. The van der Waals surface area contributed by atoms with E-state index in [9.17, 15) is 8.78 Å². The van der Waals surface area contributed by atoms with E-state index in [-0.39, 0.29) is 11.9 Å². The lowest BCUT2D eigenvalue weighted by molar-refractivity contribution is 0.560. The fourth-order valence-electron chi connectivity index (χ4n) is 3.13. The summed E-state index contributed by atoms with van der Waals surface area (Å²) in [5.74, 6) is -0.0602. The van der Waals surface area contributed by atoms with Gasteiger partial charge < -0.3 is 4.90 Å². The van der Waals surface area contributed by atoms with Crippen LogP contribution in [0.5, 0.6) is 0 Å². The second kappa shape index (κ2) is 5.56. The van der Waals surface area contributed by atoms with E-state index in [0.29, 0.717) is 11.2 Å². The van der Waals surface area contributed by atoms with Gasteiger partial charge in [-0.25, -0.2) is 18.3 Å². The van der Waals surface area contributed by atoms with Crippen molar-refractivity contribution in [1.29, 1.82) is 0 Å². The van der Waals surface area contributed by atoms with Gasteiger partial charge in [0.2, 0.25) is 0 Å². The van der Waals surface area contributed by atoms with E-state index in [4.69, 9.17) is 0 Å². The lowest BCUT2D eigenvalue weighted by Crippen LogP contribution is -2.24. The van der Waals surface area contributed by atoms with E-state index in [1.54, 1.807) is 10.7 Å². The third kappa shape index (κ3) is 2.49. The molecule has 3 heterocycles. The molecule has 0 aliphatic carbocycles. The summed E-state index contributed by atoms with van der Waals surface area (Å²) in [4.78, 5) is 6.63. The number of anilines is 1. The van der Waals surface area contributed by atoms with Gasteiger partial charge in [0, 0.05) is 18.3 Å². The molecule has 0 N–H and O–H groups in total. The van der Waals surface area contributed by atoms with Gasteiger partial charge in [0.15, 0.2) is 5.65 Å². The van der Waals surface area contributed by atoms with Gasteiger partial charge in [0.25, 0.3) is 0 Å². The Morgan fingerprint density at radius 1 is 1.22 bits per heavy atom. The molecule has 4 nitrogen and oxygen atoms in total. The second-order valence-electron chi connectivity index (χ2n) is 5.56. The van der Waals surface area contributed by atoms with E-state index in [1.807, 2.05) is 17.2 Å². The van der Waals surface area contributed by atoms with Gasteiger partial charge in [-0.05, 0) is 53.0 Å². The van der Waals surface area contributed by atoms with Crippen molar-refractivity contribution in [2.75, 3.05) is 11.4 Å². The molecule has 1 saturated heterocycles. The summed E-state index contributed by atoms with van der Waals surface area (Å²) in [6, 6.07) is 5.26. The minimum absolute atomic E-state index is 0.206. The summed E-state index contributed by atoms with van der Waals surface area (Å²) in [5, 5.41) is 4.17. The average Bonchev–Trinajstić information content (AvgIpc) is 3.17. The Balaban J connectivity index is 1.76. The number of halogens is 3. The SMILES string of the molecule is Fc1ccc(F)c(C2CCCN2c2ccn3ncc(Br)c3n2)c1. The molecule has 1 aromatic carbocycles. The number of fused-ring (bicyclic) bond motifs is 1. The molecule has 1 atom stereocenters. The van der Waals surface area contributed by atoms with Crippen molar-refractivity contribution in [1.82, 2.24) is 14.6 Å². The minimum Gasteiger partial charge on any atom is -0.349 e. The van der Waals surface area contributed by atoms with E-state index >= 15 is 0 Å². The number of hydrogen-bond donors (Lipinski definition) is 0. The van der Waals surface area contributed by atoms with Crippen LogP contribution in [-0.4, -0.2) is 21.1 Å². The Hall–Kier alpha value is -2.02. The molecule has 1 unspecified atom stereocenters. The fourth-order valence-corrected chi connectivity index (χ4v) is 3.49. The van der Waals surface area contributed by atoms with Crippen LogP contribution >= 0.6 is 15.9 Å². The fraction of sp³-hybridized carbons (Fsp3) is 0.250. The Labute approximate surface area is 139 Å². The van der Waals surface area contributed by atoms with E-state index in [2.05, 4.69) is 26.0 Å². The lowest BCUT2D eigenvalue weighted by Gasteiger charge is -2.26. The molecule has 2 aromatic heterocycles. The van der Waals surface area contributed by atoms with Gasteiger partial charge in [0.05, 0.1) is 16.7 Å². The summed E-state index contributed by atoms with van der Waals surface area (Å²) in [7, 11) is 0. The van der Waals surface area contributed by atoms with Crippen molar-refractivity contribution in [2.24, 2.45) is 0 Å². The molecule has 0 radical (unpaired) electrons. The topological polar surface area (TPSA) is 33.4 Å². The molecule has 118 valence electrons. The van der Waals surface area contributed by atoms with Gasteiger partial charge in [-0.1, -0.05) is 0 Å². The van der Waals surface area contributed by atoms with E-state index in [0.717, 1.165) is 35.7 Å². The van der Waals surface area contributed by atoms with Crippen molar-refractivity contribution < 1.29 is 8.78 Å². The van der Waals surface area contributed by atoms with Crippen LogP contribution in [0.25, 0.3) is 5.65 Å². The first-order valence-corrected chi connectivity index (χ1v) is 8.14. The highest BCUT2D eigenvalue weighted by Gasteiger charge is 2.29. The van der Waals surface area contributed by atoms with Crippen LogP contribution in [-0.2, 0) is 0 Å². The summed E-state index contributed by atoms with van der Waals surface area (Å²) >= 11 is 3.42. The number of rotatable bonds is 2. The third-order valence-electron chi connectivity index (χ3n) is 4.18. The Morgan fingerprint density at radius 2 is 2.09 bits per heavy atom. The first-order valence-electron chi connectivity index (χ1n) is 7.35. The summed E-state index contributed by atoms with van der Waals surface area (Å²) in [5.41, 5.74) is 1.09. The molecule has 0 saturated carbocycles. The van der Waals surface area contributed by atoms with Crippen molar-refractivity contribution >= 4 is 27.4 Å². The molecule has 0 spiro atoms. The normalized spacial score (nSPS) is 18.0. The number of nitrogens with zero attached hydrogens (tertiary/aromatic N) is 4. The zero-order chi connectivity index (χ0) is 16.0. The summed E-state index contributed by atoms with van der Waals surface area (Å²) in [6.07, 6.45) is 5.18. The molecular formula is C16H13BrF2N4. The van der Waals surface area contributed by atoms with Crippen LogP contribution in [0.3, 0.4) is 0 Å². The molecule has 1 aliphatic rings. The summed E-state index contributed by atoms with van der Waals surface area (Å²) < 4.78 is 30.1. The molecule has 7 heteroatoms. The molecular weight excluding hydrogens is 366 g/mol. The predicted octanol–water partition coefficient (Wildman–Crippen LogP) is 4.11. The third-order valence-corrected chi connectivity index (χ3v) is 4.73. The molecule has 0 amide bonds. The van der Waals surface area contributed by atoms with Crippen LogP contribution in [0.2, 0.25) is 0 Å². The molecule has 1 fully saturated rings. The second-order valence-corrected chi connectivity index (χ2v) is 6.42. The smallest absolute Gasteiger partial charge is 0.171 e. The highest BCUT2D eigenvalue weighted by atomic mass is 79.9. The van der Waals surface area contributed by atoms with E-state index < -0.39 is 5.82 Å². The summed E-state index contributed by atoms with van der Waals surface area (Å²) in [6.45, 7) is 0.759. The molecule has 23 heavy (non-hydrogen) atoms. The molecule has 3 aromatic rings. The van der Waals surface area contributed by atoms with Crippen LogP contribution in [0.1, 0.15) is 24.4 Å². The maximum Gasteiger partial charge on any atom is 0.171 e. The van der Waals surface area contributed by atoms with Gasteiger partial charge in [-0.3, -0.25) is 0 Å². The zero-order valence-corrected chi connectivity index (χ0v) is 13.7. The Kier molecular flexibility index (Phi) is 3.52. The maximum absolute atomic E-state index is 14.1. The van der Waals surface area contributed by atoms with Crippen LogP contribution in [0.15, 0.2) is 41.1 Å². The van der Waals surface area contributed by atoms with Gasteiger partial charge >= 0.3 is 0 Å².